The second-order valence-electron chi connectivity index (χ2n) is 16.8. The number of allylic oxidation sites excluding steroid dienone is 6. The van der Waals surface area contributed by atoms with Gasteiger partial charge in [0, 0.05) is 11.9 Å². The number of benzene rings is 8. The van der Waals surface area contributed by atoms with Crippen LogP contribution in [0.3, 0.4) is 0 Å². The van der Waals surface area contributed by atoms with Gasteiger partial charge in [0.15, 0.2) is 0 Å². The minimum absolute atomic E-state index is 0.400. The van der Waals surface area contributed by atoms with E-state index in [1.54, 1.807) is 5.57 Å². The van der Waals surface area contributed by atoms with Gasteiger partial charge in [-0.3, -0.25) is 0 Å². The molecule has 296 valence electrons. The van der Waals surface area contributed by atoms with Crippen molar-refractivity contribution in [2.24, 2.45) is 5.92 Å². The smallest absolute Gasteiger partial charge is 0.0729 e. The Hall–Kier alpha value is -7.48. The van der Waals surface area contributed by atoms with Gasteiger partial charge in [0.1, 0.15) is 0 Å². The summed E-state index contributed by atoms with van der Waals surface area (Å²) in [5, 5.41) is 3.70. The van der Waals surface area contributed by atoms with Crippen LogP contribution in [0, 0.1) is 12.8 Å². The summed E-state index contributed by atoms with van der Waals surface area (Å²) in [6.45, 7) is 2.28. The van der Waals surface area contributed by atoms with Crippen LogP contribution < -0.4 is 5.32 Å². The maximum absolute atomic E-state index is 3.70. The summed E-state index contributed by atoms with van der Waals surface area (Å²) in [5.74, 6) is 0.590. The number of hydrogen-bond donors (Lipinski definition) is 1. The zero-order chi connectivity index (χ0) is 41.5. The van der Waals surface area contributed by atoms with Crippen molar-refractivity contribution in [1.82, 2.24) is 0 Å². The van der Waals surface area contributed by atoms with Gasteiger partial charge in [-0.1, -0.05) is 206 Å². The van der Waals surface area contributed by atoms with Gasteiger partial charge >= 0.3 is 0 Å². The van der Waals surface area contributed by atoms with Crippen LogP contribution in [0.25, 0.3) is 56.2 Å². The minimum atomic E-state index is -0.400. The highest BCUT2D eigenvalue weighted by atomic mass is 14.8. The van der Waals surface area contributed by atoms with Gasteiger partial charge in [-0.2, -0.15) is 0 Å². The summed E-state index contributed by atoms with van der Waals surface area (Å²) < 4.78 is 0. The van der Waals surface area contributed by atoms with E-state index >= 15 is 0 Å². The Balaban J connectivity index is 0.924. The number of nitrogens with one attached hydrogen (secondary N) is 1. The van der Waals surface area contributed by atoms with Crippen LogP contribution in [0.4, 0.5) is 5.69 Å². The average Bonchev–Trinajstić information content (AvgIpc) is 4.08. The molecular weight excluding hydrogens is 747 g/mol. The molecule has 1 unspecified atom stereocenters. The molecule has 0 radical (unpaired) electrons. The Morgan fingerprint density at radius 3 is 1.77 bits per heavy atom. The highest BCUT2D eigenvalue weighted by Crippen LogP contribution is 2.67. The van der Waals surface area contributed by atoms with E-state index in [1.807, 2.05) is 0 Å². The van der Waals surface area contributed by atoms with E-state index in [4.69, 9.17) is 0 Å². The number of fused-ring (bicyclic) bond motifs is 7. The molecule has 1 atom stereocenters. The molecule has 1 fully saturated rings. The quantitative estimate of drug-likeness (QED) is 0.136. The van der Waals surface area contributed by atoms with Gasteiger partial charge in [-0.15, -0.1) is 0 Å². The van der Waals surface area contributed by atoms with E-state index in [9.17, 15) is 0 Å². The maximum atomic E-state index is 3.70. The summed E-state index contributed by atoms with van der Waals surface area (Å²) in [5.41, 5.74) is 23.0. The third-order valence-corrected chi connectivity index (χ3v) is 13.1. The van der Waals surface area contributed by atoms with Gasteiger partial charge in [0.25, 0.3) is 0 Å². The third kappa shape index (κ3) is 6.49. The molecule has 0 heterocycles. The molecule has 0 amide bonds. The van der Waals surface area contributed by atoms with E-state index in [0.717, 1.165) is 16.8 Å². The Morgan fingerprint density at radius 1 is 0.516 bits per heavy atom. The van der Waals surface area contributed by atoms with Crippen molar-refractivity contribution in [3.8, 4) is 33.4 Å². The van der Waals surface area contributed by atoms with E-state index in [1.165, 1.54) is 90.7 Å². The normalized spacial score (nSPS) is 16.6. The fourth-order valence-corrected chi connectivity index (χ4v) is 10.2. The summed E-state index contributed by atoms with van der Waals surface area (Å²) in [6, 6.07) is 73.2. The molecule has 1 spiro atoms. The molecule has 0 aliphatic heterocycles. The predicted octanol–water partition coefficient (Wildman–Crippen LogP) is 15.7. The summed E-state index contributed by atoms with van der Waals surface area (Å²) in [6.07, 6.45) is 13.3. The third-order valence-electron chi connectivity index (χ3n) is 13.1. The van der Waals surface area contributed by atoms with Gasteiger partial charge in [0.2, 0.25) is 0 Å². The zero-order valence-corrected chi connectivity index (χ0v) is 34.9. The second-order valence-corrected chi connectivity index (χ2v) is 16.8. The molecule has 3 aliphatic rings. The molecule has 8 aromatic carbocycles. The molecule has 0 aromatic heterocycles. The molecule has 11 rings (SSSR count). The number of rotatable bonds is 10. The summed E-state index contributed by atoms with van der Waals surface area (Å²) in [4.78, 5) is 0. The lowest BCUT2D eigenvalue weighted by atomic mass is 9.67. The molecule has 0 bridgehead atoms. The molecule has 3 aliphatic carbocycles. The van der Waals surface area contributed by atoms with Gasteiger partial charge < -0.3 is 5.32 Å². The van der Waals surface area contributed by atoms with Crippen molar-refractivity contribution in [2.75, 3.05) is 5.32 Å². The maximum Gasteiger partial charge on any atom is 0.0729 e. The van der Waals surface area contributed by atoms with Crippen molar-refractivity contribution in [3.05, 3.63) is 269 Å². The fourth-order valence-electron chi connectivity index (χ4n) is 10.2. The summed E-state index contributed by atoms with van der Waals surface area (Å²) in [7, 11) is 0. The Kier molecular flexibility index (Phi) is 9.59. The summed E-state index contributed by atoms with van der Waals surface area (Å²) >= 11 is 0. The Morgan fingerprint density at radius 2 is 1.08 bits per heavy atom. The molecule has 1 nitrogen and oxygen atoms in total. The first-order valence-corrected chi connectivity index (χ1v) is 22.0. The Labute approximate surface area is 365 Å². The molecule has 1 saturated carbocycles. The van der Waals surface area contributed by atoms with Crippen LogP contribution in [0.1, 0.15) is 57.3 Å². The van der Waals surface area contributed by atoms with Crippen molar-refractivity contribution < 1.29 is 0 Å². The first-order valence-electron chi connectivity index (χ1n) is 22.0. The Bertz CT molecular complexity index is 3090. The fraction of sp³-hybridized carbons (Fsp3) is 0.0820. The lowest BCUT2D eigenvalue weighted by Gasteiger charge is -2.34. The molecular formula is C61H47N. The molecule has 8 aromatic rings. The van der Waals surface area contributed by atoms with E-state index < -0.39 is 5.41 Å². The van der Waals surface area contributed by atoms with Crippen LogP contribution in [0.15, 0.2) is 225 Å². The molecule has 62 heavy (non-hydrogen) atoms. The first-order chi connectivity index (χ1) is 30.7. The van der Waals surface area contributed by atoms with Crippen LogP contribution >= 0.6 is 0 Å². The van der Waals surface area contributed by atoms with Gasteiger partial charge in [0.05, 0.1) is 5.41 Å². The molecule has 1 heteroatoms. The first kappa shape index (κ1) is 37.5. The SMILES string of the molecule is Cc1ccccc1C1=C(C2CC2)c2ccccc2C12c1ccccc1-c1ccc(N/C=C/C=C(\C=C/c3ccc(-c4ccccc4-c4ccccc4)cc3)c3ccccc3)cc12. The zero-order valence-electron chi connectivity index (χ0n) is 34.9. The van der Waals surface area contributed by atoms with E-state index in [0.29, 0.717) is 5.92 Å². The van der Waals surface area contributed by atoms with Crippen LogP contribution in [-0.2, 0) is 5.41 Å². The van der Waals surface area contributed by atoms with Crippen LogP contribution in [-0.4, -0.2) is 0 Å². The van der Waals surface area contributed by atoms with Crippen molar-refractivity contribution in [2.45, 2.75) is 25.2 Å². The topological polar surface area (TPSA) is 12.0 Å². The van der Waals surface area contributed by atoms with Crippen molar-refractivity contribution in [1.29, 1.82) is 0 Å². The van der Waals surface area contributed by atoms with Crippen molar-refractivity contribution >= 4 is 28.5 Å². The minimum Gasteiger partial charge on any atom is -0.362 e. The monoisotopic (exact) mass is 793 g/mol. The van der Waals surface area contributed by atoms with Gasteiger partial charge in [-0.05, 0) is 138 Å². The highest BCUT2D eigenvalue weighted by Gasteiger charge is 2.55. The van der Waals surface area contributed by atoms with Crippen molar-refractivity contribution in [3.63, 3.8) is 0 Å². The number of hydrogen-bond acceptors (Lipinski definition) is 1. The average molecular weight is 794 g/mol. The lowest BCUT2D eigenvalue weighted by Crippen LogP contribution is -2.27. The number of aryl methyl sites for hydroxylation is 1. The van der Waals surface area contributed by atoms with Crippen LogP contribution in [0.5, 0.6) is 0 Å². The molecule has 0 saturated heterocycles. The largest absolute Gasteiger partial charge is 0.362 e. The van der Waals surface area contributed by atoms with E-state index in [2.05, 4.69) is 243 Å². The standard InChI is InChI=1S/C61H47N/c1-42-17-8-9-23-50(42)60-59(48-36-37-48)55-27-13-15-29-57(55)61(60)56-28-14-12-26-53(56)54-39-38-49(41-58(54)61)62-40-16-22-45(44-18-4-2-5-19-44)33-30-43-31-34-47(35-32-43)52-25-11-10-24-51(52)46-20-6-3-7-21-46/h2-35,38-41,48,62H,36-37H2,1H3/b33-30-,40-16+,45-22+. The number of anilines is 1. The van der Waals surface area contributed by atoms with E-state index in [-0.39, 0.29) is 0 Å². The molecule has 1 N–H and O–H groups in total. The second kappa shape index (κ2) is 15.8. The highest BCUT2D eigenvalue weighted by molar-refractivity contribution is 6.11. The lowest BCUT2D eigenvalue weighted by molar-refractivity contribution is 0.840. The van der Waals surface area contributed by atoms with Gasteiger partial charge in [-0.25, -0.2) is 0 Å². The predicted molar refractivity (Wildman–Crippen MR) is 262 cm³/mol. The van der Waals surface area contributed by atoms with Crippen LogP contribution in [0.2, 0.25) is 0 Å².